The Labute approximate surface area is 188 Å². The summed E-state index contributed by atoms with van der Waals surface area (Å²) >= 11 is 4.89. The number of rotatable bonds is 6. The van der Waals surface area contributed by atoms with E-state index in [1.54, 1.807) is 6.20 Å². The molecule has 0 bridgehead atoms. The van der Waals surface area contributed by atoms with Gasteiger partial charge >= 0.3 is 0 Å². The first-order chi connectivity index (χ1) is 14.5. The van der Waals surface area contributed by atoms with Gasteiger partial charge in [0, 0.05) is 22.4 Å². The van der Waals surface area contributed by atoms with Crippen molar-refractivity contribution in [3.8, 4) is 11.3 Å². The molecule has 5 nitrogen and oxygen atoms in total. The number of aromatic nitrogens is 3. The van der Waals surface area contributed by atoms with Crippen LogP contribution in [0, 0.1) is 6.92 Å². The first-order valence-electron chi connectivity index (χ1n) is 9.66. The van der Waals surface area contributed by atoms with Crippen LogP contribution in [0.2, 0.25) is 0 Å². The highest BCUT2D eigenvalue weighted by Crippen LogP contribution is 2.27. The van der Waals surface area contributed by atoms with Gasteiger partial charge in [-0.25, -0.2) is 9.50 Å². The van der Waals surface area contributed by atoms with Gasteiger partial charge in [-0.05, 0) is 58.6 Å². The van der Waals surface area contributed by atoms with Crippen molar-refractivity contribution in [2.75, 3.05) is 11.1 Å². The molecule has 0 unspecified atom stereocenters. The van der Waals surface area contributed by atoms with Gasteiger partial charge in [-0.2, -0.15) is 5.10 Å². The predicted octanol–water partition coefficient (Wildman–Crippen LogP) is 5.76. The number of nitrogens with zero attached hydrogens (tertiary/aromatic N) is 3. The van der Waals surface area contributed by atoms with Gasteiger partial charge in [-0.3, -0.25) is 4.79 Å². The van der Waals surface area contributed by atoms with Crippen LogP contribution in [0.3, 0.4) is 0 Å². The van der Waals surface area contributed by atoms with Crippen LogP contribution in [0.4, 0.5) is 5.69 Å². The minimum atomic E-state index is -0.0803. The summed E-state index contributed by atoms with van der Waals surface area (Å²) in [4.78, 5) is 16.9. The van der Waals surface area contributed by atoms with E-state index in [1.807, 2.05) is 41.9 Å². The van der Waals surface area contributed by atoms with Crippen molar-refractivity contribution in [3.05, 3.63) is 76.5 Å². The van der Waals surface area contributed by atoms with E-state index in [-0.39, 0.29) is 11.7 Å². The summed E-state index contributed by atoms with van der Waals surface area (Å²) in [6, 6.07) is 16.3. The maximum atomic E-state index is 12.4. The number of carbonyl (C=O) groups is 1. The van der Waals surface area contributed by atoms with Gasteiger partial charge in [0.15, 0.2) is 0 Å². The maximum absolute atomic E-state index is 12.4. The second kappa shape index (κ2) is 9.02. The van der Waals surface area contributed by atoms with E-state index >= 15 is 0 Å². The van der Waals surface area contributed by atoms with Gasteiger partial charge in [0.1, 0.15) is 5.03 Å². The molecule has 0 aliphatic rings. The number of carbonyl (C=O) groups excluding carboxylic acids is 1. The van der Waals surface area contributed by atoms with E-state index in [2.05, 4.69) is 62.5 Å². The summed E-state index contributed by atoms with van der Waals surface area (Å²) in [6.45, 7) is 4.15. The van der Waals surface area contributed by atoms with Gasteiger partial charge in [0.2, 0.25) is 5.91 Å². The number of aryl methyl sites for hydroxylation is 2. The van der Waals surface area contributed by atoms with Crippen molar-refractivity contribution in [1.29, 1.82) is 0 Å². The third kappa shape index (κ3) is 4.57. The normalized spacial score (nSPS) is 11.0. The van der Waals surface area contributed by atoms with Crippen LogP contribution in [0.1, 0.15) is 18.1 Å². The van der Waals surface area contributed by atoms with Gasteiger partial charge in [0.05, 0.1) is 22.7 Å². The molecule has 0 fully saturated rings. The molecule has 2 heterocycles. The van der Waals surface area contributed by atoms with Crippen LogP contribution in [-0.4, -0.2) is 26.3 Å². The molecule has 0 aliphatic heterocycles. The standard InChI is InChI=1S/C23H21BrN4OS/c1-3-16-5-7-17(8-6-16)20-13-21-23(25-10-11-28(21)27-20)30-14-22(29)26-19-9-4-15(2)12-18(19)24/h4-13H,3,14H2,1-2H3,(H,26,29). The largest absolute Gasteiger partial charge is 0.324 e. The number of fused-ring (bicyclic) bond motifs is 1. The third-order valence-corrected chi connectivity index (χ3v) is 6.40. The fourth-order valence-corrected chi connectivity index (χ4v) is 4.47. The lowest BCUT2D eigenvalue weighted by molar-refractivity contribution is -0.113. The zero-order chi connectivity index (χ0) is 21.1. The van der Waals surface area contributed by atoms with E-state index in [4.69, 9.17) is 0 Å². The van der Waals surface area contributed by atoms with Crippen LogP contribution in [0.15, 0.2) is 70.4 Å². The molecule has 152 valence electrons. The van der Waals surface area contributed by atoms with Gasteiger partial charge in [-0.1, -0.05) is 49.0 Å². The predicted molar refractivity (Wildman–Crippen MR) is 126 cm³/mol. The summed E-state index contributed by atoms with van der Waals surface area (Å²) in [7, 11) is 0. The molecule has 30 heavy (non-hydrogen) atoms. The Bertz CT molecular complexity index is 1200. The van der Waals surface area contributed by atoms with Crippen LogP contribution >= 0.6 is 27.7 Å². The number of nitrogens with one attached hydrogen (secondary N) is 1. The third-order valence-electron chi connectivity index (χ3n) is 4.75. The van der Waals surface area contributed by atoms with Gasteiger partial charge in [-0.15, -0.1) is 0 Å². The van der Waals surface area contributed by atoms with E-state index in [0.29, 0.717) is 0 Å². The molecule has 0 spiro atoms. The lowest BCUT2D eigenvalue weighted by atomic mass is 10.1. The van der Waals surface area contributed by atoms with E-state index < -0.39 is 0 Å². The molecule has 4 rings (SSSR count). The SMILES string of the molecule is CCc1ccc(-c2cc3c(SCC(=O)Nc4ccc(C)cc4Br)nccn3n2)cc1. The number of halogens is 1. The lowest BCUT2D eigenvalue weighted by Gasteiger charge is -2.08. The summed E-state index contributed by atoms with van der Waals surface area (Å²) < 4.78 is 2.68. The van der Waals surface area contributed by atoms with Crippen molar-refractivity contribution < 1.29 is 4.79 Å². The van der Waals surface area contributed by atoms with Crippen LogP contribution in [0.25, 0.3) is 16.8 Å². The Morgan fingerprint density at radius 1 is 1.17 bits per heavy atom. The molecule has 1 N–H and O–H groups in total. The molecule has 0 atom stereocenters. The quantitative estimate of drug-likeness (QED) is 0.356. The number of thioether (sulfide) groups is 1. The number of benzene rings is 2. The topological polar surface area (TPSA) is 59.3 Å². The Morgan fingerprint density at radius 2 is 1.97 bits per heavy atom. The monoisotopic (exact) mass is 480 g/mol. The number of hydrogen-bond donors (Lipinski definition) is 1. The zero-order valence-corrected chi connectivity index (χ0v) is 19.1. The summed E-state index contributed by atoms with van der Waals surface area (Å²) in [5.74, 6) is 0.182. The van der Waals surface area contributed by atoms with E-state index in [0.717, 1.165) is 43.9 Å². The molecule has 0 aliphatic carbocycles. The highest BCUT2D eigenvalue weighted by atomic mass is 79.9. The van der Waals surface area contributed by atoms with Crippen LogP contribution in [-0.2, 0) is 11.2 Å². The first-order valence-corrected chi connectivity index (χ1v) is 11.4. The minimum Gasteiger partial charge on any atom is -0.324 e. The summed E-state index contributed by atoms with van der Waals surface area (Å²) in [5.41, 5.74) is 6.04. The van der Waals surface area contributed by atoms with Crippen molar-refractivity contribution >= 4 is 44.8 Å². The Balaban J connectivity index is 1.50. The fourth-order valence-electron chi connectivity index (χ4n) is 3.10. The Kier molecular flexibility index (Phi) is 6.20. The Hall–Kier alpha value is -2.64. The van der Waals surface area contributed by atoms with Crippen LogP contribution in [0.5, 0.6) is 0 Å². The smallest absolute Gasteiger partial charge is 0.234 e. The molecule has 0 radical (unpaired) electrons. The number of anilines is 1. The van der Waals surface area contributed by atoms with Crippen molar-refractivity contribution in [2.24, 2.45) is 0 Å². The molecule has 7 heteroatoms. The molecular weight excluding hydrogens is 460 g/mol. The lowest BCUT2D eigenvalue weighted by Crippen LogP contribution is -2.14. The van der Waals surface area contributed by atoms with Gasteiger partial charge < -0.3 is 5.32 Å². The summed E-state index contributed by atoms with van der Waals surface area (Å²) in [6.07, 6.45) is 4.55. The minimum absolute atomic E-state index is 0.0803. The van der Waals surface area contributed by atoms with E-state index in [1.165, 1.54) is 17.3 Å². The average Bonchev–Trinajstić information content (AvgIpc) is 3.19. The number of amides is 1. The highest BCUT2D eigenvalue weighted by molar-refractivity contribution is 9.10. The highest BCUT2D eigenvalue weighted by Gasteiger charge is 2.12. The molecule has 1 amide bonds. The molecule has 2 aromatic heterocycles. The van der Waals surface area contributed by atoms with Crippen molar-refractivity contribution in [1.82, 2.24) is 14.6 Å². The molecular formula is C23H21BrN4OS. The number of hydrogen-bond acceptors (Lipinski definition) is 4. The average molecular weight is 481 g/mol. The fraction of sp³-hybridized carbons (Fsp3) is 0.174. The van der Waals surface area contributed by atoms with Crippen molar-refractivity contribution in [2.45, 2.75) is 25.3 Å². The molecule has 2 aromatic carbocycles. The molecule has 0 saturated heterocycles. The molecule has 0 saturated carbocycles. The first kappa shape index (κ1) is 20.6. The Morgan fingerprint density at radius 3 is 2.70 bits per heavy atom. The molecule has 4 aromatic rings. The van der Waals surface area contributed by atoms with Gasteiger partial charge in [0.25, 0.3) is 0 Å². The van der Waals surface area contributed by atoms with Crippen molar-refractivity contribution in [3.63, 3.8) is 0 Å². The summed E-state index contributed by atoms with van der Waals surface area (Å²) in [5, 5.41) is 8.39. The second-order valence-corrected chi connectivity index (χ2v) is 8.78. The van der Waals surface area contributed by atoms with Crippen LogP contribution < -0.4 is 5.32 Å². The van der Waals surface area contributed by atoms with E-state index in [9.17, 15) is 4.79 Å². The second-order valence-electron chi connectivity index (χ2n) is 6.96. The maximum Gasteiger partial charge on any atom is 0.234 e. The zero-order valence-electron chi connectivity index (χ0n) is 16.7.